The highest BCUT2D eigenvalue weighted by atomic mass is 16.7. The van der Waals surface area contributed by atoms with E-state index in [1.54, 1.807) is 0 Å². The molecule has 274 valence electrons. The largest absolute Gasteiger partial charge is 0.395 e. The first kappa shape index (κ1) is 43.8. The molecule has 0 spiro atoms. The first-order valence-electron chi connectivity index (χ1n) is 20.5. The Bertz CT molecular complexity index is 695. The summed E-state index contributed by atoms with van der Waals surface area (Å²) < 4.78 is 12.5. The third-order valence-corrected chi connectivity index (χ3v) is 9.39. The minimum atomic E-state index is -0.168. The third-order valence-electron chi connectivity index (χ3n) is 9.39. The lowest BCUT2D eigenvalue weighted by Gasteiger charge is -2.28. The molecule has 1 saturated heterocycles. The second kappa shape index (κ2) is 36.1. The topological polar surface area (TPSA) is 41.9 Å². The van der Waals surface area contributed by atoms with Gasteiger partial charge in [-0.2, -0.15) is 0 Å². The lowest BCUT2D eigenvalue weighted by molar-refractivity contribution is -0.156. The van der Waals surface area contributed by atoms with Gasteiger partial charge in [0.2, 0.25) is 0 Å². The molecule has 1 aliphatic rings. The van der Waals surface area contributed by atoms with E-state index in [9.17, 15) is 5.11 Å². The Morgan fingerprint density at radius 1 is 0.553 bits per heavy atom. The number of hydrogen-bond donors (Lipinski definition) is 1. The fraction of sp³-hybridized carbons (Fsp3) is 0.814. The molecule has 1 heterocycles. The number of allylic oxidation sites excluding steroid dienone is 8. The van der Waals surface area contributed by atoms with Gasteiger partial charge >= 0.3 is 0 Å². The summed E-state index contributed by atoms with van der Waals surface area (Å²) in [4.78, 5) is 2.38. The molecule has 1 rings (SSSR count). The summed E-state index contributed by atoms with van der Waals surface area (Å²) >= 11 is 0. The molecule has 4 heteroatoms. The zero-order valence-electron chi connectivity index (χ0n) is 31.4. The van der Waals surface area contributed by atoms with E-state index in [1.165, 1.54) is 128 Å². The van der Waals surface area contributed by atoms with E-state index in [1.807, 2.05) is 0 Å². The average Bonchev–Trinajstić information content (AvgIpc) is 3.54. The first-order chi connectivity index (χ1) is 23.3. The van der Waals surface area contributed by atoms with Crippen LogP contribution >= 0.6 is 0 Å². The molecule has 0 aliphatic carbocycles. The quantitative estimate of drug-likeness (QED) is 0.0418. The molecule has 0 amide bonds. The number of rotatable bonds is 35. The van der Waals surface area contributed by atoms with Gasteiger partial charge in [0.15, 0.2) is 6.29 Å². The maximum Gasteiger partial charge on any atom is 0.170 e. The van der Waals surface area contributed by atoms with Crippen LogP contribution in [0.15, 0.2) is 48.6 Å². The Kier molecular flexibility index (Phi) is 33.6. The van der Waals surface area contributed by atoms with Crippen LogP contribution in [0.3, 0.4) is 0 Å². The molecule has 0 bridgehead atoms. The van der Waals surface area contributed by atoms with E-state index in [0.717, 1.165) is 64.8 Å². The molecule has 0 saturated carbocycles. The van der Waals surface area contributed by atoms with Crippen molar-refractivity contribution in [2.75, 3.05) is 32.9 Å². The molecule has 1 fully saturated rings. The zero-order chi connectivity index (χ0) is 33.7. The monoisotopic (exact) mass is 658 g/mol. The minimum Gasteiger partial charge on any atom is -0.395 e. The van der Waals surface area contributed by atoms with Crippen LogP contribution in [0.25, 0.3) is 0 Å². The van der Waals surface area contributed by atoms with Gasteiger partial charge in [0.25, 0.3) is 0 Å². The molecule has 0 aromatic rings. The van der Waals surface area contributed by atoms with Gasteiger partial charge in [-0.3, -0.25) is 4.90 Å². The Hall–Kier alpha value is -1.20. The van der Waals surface area contributed by atoms with Crippen molar-refractivity contribution in [3.63, 3.8) is 0 Å². The maximum absolute atomic E-state index is 9.78. The van der Waals surface area contributed by atoms with E-state index in [-0.39, 0.29) is 18.9 Å². The van der Waals surface area contributed by atoms with Gasteiger partial charge in [-0.25, -0.2) is 0 Å². The highest BCUT2D eigenvalue weighted by Gasteiger charge is 2.26. The van der Waals surface area contributed by atoms with Crippen LogP contribution in [0, 0.1) is 0 Å². The smallest absolute Gasteiger partial charge is 0.170 e. The Balaban J connectivity index is 2.07. The Morgan fingerprint density at radius 3 is 1.38 bits per heavy atom. The van der Waals surface area contributed by atoms with E-state index < -0.39 is 0 Å². The van der Waals surface area contributed by atoms with Crippen molar-refractivity contribution in [1.29, 1.82) is 0 Å². The second-order valence-corrected chi connectivity index (χ2v) is 13.8. The van der Waals surface area contributed by atoms with Gasteiger partial charge in [0.1, 0.15) is 0 Å². The van der Waals surface area contributed by atoms with Crippen molar-refractivity contribution in [2.45, 2.75) is 193 Å². The van der Waals surface area contributed by atoms with Crippen LogP contribution in [0.2, 0.25) is 0 Å². The number of ether oxygens (including phenoxy) is 2. The molecule has 0 unspecified atom stereocenters. The normalized spacial score (nSPS) is 16.7. The molecular formula is C43H79NO3. The molecule has 0 radical (unpaired) electrons. The lowest BCUT2D eigenvalue weighted by Crippen LogP contribution is -2.40. The third kappa shape index (κ3) is 29.4. The summed E-state index contributed by atoms with van der Waals surface area (Å²) in [5.74, 6) is 0. The van der Waals surface area contributed by atoms with Gasteiger partial charge in [0, 0.05) is 25.8 Å². The van der Waals surface area contributed by atoms with Crippen LogP contribution in [0.4, 0.5) is 0 Å². The van der Waals surface area contributed by atoms with E-state index >= 15 is 0 Å². The predicted octanol–water partition coefficient (Wildman–Crippen LogP) is 12.4. The maximum atomic E-state index is 9.78. The first-order valence-corrected chi connectivity index (χ1v) is 20.5. The molecule has 1 aliphatic heterocycles. The minimum absolute atomic E-state index is 0.168. The summed E-state index contributed by atoms with van der Waals surface area (Å²) in [6, 6.07) is 0.272. The molecular weight excluding hydrogens is 578 g/mol. The summed E-state index contributed by atoms with van der Waals surface area (Å²) in [6.07, 6.45) is 51.0. The van der Waals surface area contributed by atoms with Gasteiger partial charge < -0.3 is 14.6 Å². The summed E-state index contributed by atoms with van der Waals surface area (Å²) in [5.41, 5.74) is 0. The van der Waals surface area contributed by atoms with Crippen molar-refractivity contribution in [3.05, 3.63) is 48.6 Å². The molecule has 1 N–H and O–H groups in total. The Labute approximate surface area is 293 Å². The SMILES string of the molecule is CCCCCC=CCC=CCCCCCCCCOC(CN1CCC[C@@H]1CO)OCCCCCCCCC=CCC=CCCCCC. The molecule has 1 atom stereocenters. The highest BCUT2D eigenvalue weighted by Crippen LogP contribution is 2.19. The van der Waals surface area contributed by atoms with Crippen LogP contribution in [0.1, 0.15) is 181 Å². The predicted molar refractivity (Wildman–Crippen MR) is 206 cm³/mol. The van der Waals surface area contributed by atoms with Crippen LogP contribution in [-0.2, 0) is 9.47 Å². The summed E-state index contributed by atoms with van der Waals surface area (Å²) in [5, 5.41) is 9.78. The van der Waals surface area contributed by atoms with Crippen LogP contribution in [-0.4, -0.2) is 55.2 Å². The highest BCUT2D eigenvalue weighted by molar-refractivity contribution is 4.93. The number of likely N-dealkylation sites (tertiary alicyclic amines) is 1. The molecule has 0 aromatic heterocycles. The second-order valence-electron chi connectivity index (χ2n) is 13.8. The van der Waals surface area contributed by atoms with Crippen LogP contribution < -0.4 is 0 Å². The number of aliphatic hydroxyl groups excluding tert-OH is 1. The van der Waals surface area contributed by atoms with E-state index in [4.69, 9.17) is 9.47 Å². The van der Waals surface area contributed by atoms with Gasteiger partial charge in [0.05, 0.1) is 6.61 Å². The molecule has 0 aromatic carbocycles. The van der Waals surface area contributed by atoms with Crippen molar-refractivity contribution < 1.29 is 14.6 Å². The van der Waals surface area contributed by atoms with E-state index in [0.29, 0.717) is 0 Å². The van der Waals surface area contributed by atoms with Crippen LogP contribution in [0.5, 0.6) is 0 Å². The van der Waals surface area contributed by atoms with Gasteiger partial charge in [-0.15, -0.1) is 0 Å². The van der Waals surface area contributed by atoms with Crippen molar-refractivity contribution >= 4 is 0 Å². The molecule has 47 heavy (non-hydrogen) atoms. The fourth-order valence-corrected chi connectivity index (χ4v) is 6.30. The average molecular weight is 658 g/mol. The van der Waals surface area contributed by atoms with E-state index in [2.05, 4.69) is 67.4 Å². The standard InChI is InChI=1S/C43H79NO3/c1-3-5-7-9-11-13-15-17-19-21-23-25-27-29-31-33-38-46-43(40-44-37-35-36-42(44)41-45)47-39-34-32-30-28-26-24-22-20-18-16-14-12-10-8-6-4-2/h11-14,17-20,42-43,45H,3-10,15-16,21-41H2,1-2H3/t42-,43?/m1/s1. The van der Waals surface area contributed by atoms with Crippen molar-refractivity contribution in [1.82, 2.24) is 4.90 Å². The lowest BCUT2D eigenvalue weighted by atomic mass is 10.1. The fourth-order valence-electron chi connectivity index (χ4n) is 6.30. The summed E-state index contributed by atoms with van der Waals surface area (Å²) in [7, 11) is 0. The number of nitrogens with zero attached hydrogens (tertiary/aromatic N) is 1. The van der Waals surface area contributed by atoms with Gasteiger partial charge in [-0.1, -0.05) is 140 Å². The zero-order valence-corrected chi connectivity index (χ0v) is 31.4. The van der Waals surface area contributed by atoms with Crippen molar-refractivity contribution in [2.24, 2.45) is 0 Å². The Morgan fingerprint density at radius 2 is 0.957 bits per heavy atom. The number of unbranched alkanes of at least 4 members (excludes halogenated alkanes) is 18. The number of hydrogen-bond acceptors (Lipinski definition) is 4. The summed E-state index contributed by atoms with van der Waals surface area (Å²) in [6.45, 7) is 8.16. The number of aliphatic hydroxyl groups is 1. The van der Waals surface area contributed by atoms with Crippen molar-refractivity contribution in [3.8, 4) is 0 Å². The molecule has 4 nitrogen and oxygen atoms in total. The van der Waals surface area contributed by atoms with Gasteiger partial charge in [-0.05, 0) is 96.4 Å².